The van der Waals surface area contributed by atoms with Crippen molar-refractivity contribution in [2.75, 3.05) is 26.7 Å². The summed E-state index contributed by atoms with van der Waals surface area (Å²) >= 11 is 0. The number of halogens is 1. The molecule has 0 spiro atoms. The maximum absolute atomic E-state index is 13.3. The van der Waals surface area contributed by atoms with E-state index in [1.54, 1.807) is 12.1 Å². The van der Waals surface area contributed by atoms with Gasteiger partial charge in [-0.3, -0.25) is 0 Å². The van der Waals surface area contributed by atoms with Crippen LogP contribution in [0, 0.1) is 11.7 Å². The number of amides is 2. The van der Waals surface area contributed by atoms with Crippen LogP contribution in [0.25, 0.3) is 0 Å². The zero-order valence-corrected chi connectivity index (χ0v) is 23.2. The molecule has 1 fully saturated rings. The molecule has 0 bridgehead atoms. The van der Waals surface area contributed by atoms with Gasteiger partial charge in [-0.05, 0) is 48.2 Å². The van der Waals surface area contributed by atoms with Gasteiger partial charge in [0, 0.05) is 32.0 Å². The summed E-state index contributed by atoms with van der Waals surface area (Å²) in [5, 5.41) is 29.3. The summed E-state index contributed by atoms with van der Waals surface area (Å²) in [4.78, 5) is 26.2. The van der Waals surface area contributed by atoms with E-state index >= 15 is 0 Å². The number of piperidine rings is 1. The number of hydrogen-bond acceptors (Lipinski definition) is 6. The number of nitrogens with one attached hydrogen (secondary N) is 2. The van der Waals surface area contributed by atoms with E-state index in [1.165, 1.54) is 24.0 Å². The summed E-state index contributed by atoms with van der Waals surface area (Å²) in [5.74, 6) is -0.591. The molecule has 2 atom stereocenters. The molecule has 0 unspecified atom stereocenters. The number of carboxylic acid groups (broad SMARTS) is 1. The van der Waals surface area contributed by atoms with Crippen LogP contribution in [0.1, 0.15) is 44.7 Å². The molecule has 0 radical (unpaired) electrons. The molecule has 0 saturated carbocycles. The number of rotatable bonds is 10. The van der Waals surface area contributed by atoms with Gasteiger partial charge < -0.3 is 40.0 Å². The van der Waals surface area contributed by atoms with Gasteiger partial charge in [-0.1, -0.05) is 38.1 Å². The van der Waals surface area contributed by atoms with Gasteiger partial charge in [0.15, 0.2) is 0 Å². The Kier molecular flexibility index (Phi) is 13.1. The Balaban J connectivity index is 0.000000580. The molecule has 1 aliphatic rings. The maximum Gasteiger partial charge on any atom is 0.318 e. The van der Waals surface area contributed by atoms with Gasteiger partial charge in [0.1, 0.15) is 17.7 Å². The Labute approximate surface area is 230 Å². The Hall–Kier alpha value is -3.21. The van der Waals surface area contributed by atoms with E-state index < -0.39 is 18.2 Å². The number of aliphatic carboxylic acids is 1. The molecular formula is C29H42FN3O6. The van der Waals surface area contributed by atoms with Gasteiger partial charge in [-0.2, -0.15) is 0 Å². The van der Waals surface area contributed by atoms with Crippen molar-refractivity contribution in [3.8, 4) is 5.75 Å². The highest BCUT2D eigenvalue weighted by molar-refractivity contribution is 5.74. The molecule has 216 valence electrons. The molecule has 2 amide bonds. The molecule has 2 aromatic carbocycles. The van der Waals surface area contributed by atoms with Gasteiger partial charge in [0.05, 0.1) is 38.8 Å². The molecule has 1 saturated heterocycles. The second kappa shape index (κ2) is 16.0. The third-order valence-corrected chi connectivity index (χ3v) is 6.43. The lowest BCUT2D eigenvalue weighted by molar-refractivity contribution is -0.885. The third-order valence-electron chi connectivity index (χ3n) is 6.43. The van der Waals surface area contributed by atoms with Crippen molar-refractivity contribution in [1.29, 1.82) is 0 Å². The van der Waals surface area contributed by atoms with E-state index in [0.29, 0.717) is 25.6 Å². The van der Waals surface area contributed by atoms with Gasteiger partial charge in [0.2, 0.25) is 0 Å². The summed E-state index contributed by atoms with van der Waals surface area (Å²) in [6.07, 6.45) is -1.08. The summed E-state index contributed by atoms with van der Waals surface area (Å²) < 4.78 is 19.0. The molecule has 4 N–H and O–H groups in total. The fraction of sp³-hybridized carbons (Fsp3) is 0.517. The van der Waals surface area contributed by atoms with Crippen LogP contribution in [0.5, 0.6) is 5.75 Å². The second-order valence-electron chi connectivity index (χ2n) is 10.5. The summed E-state index contributed by atoms with van der Waals surface area (Å²) in [6, 6.07) is 14.4. The number of urea groups is 1. The van der Waals surface area contributed by atoms with E-state index in [4.69, 9.17) is 14.9 Å². The Morgan fingerprint density at radius 2 is 1.62 bits per heavy atom. The minimum absolute atomic E-state index is 0.0750. The average molecular weight is 548 g/mol. The van der Waals surface area contributed by atoms with Gasteiger partial charge in [0.25, 0.3) is 0 Å². The zero-order valence-electron chi connectivity index (χ0n) is 23.2. The van der Waals surface area contributed by atoms with E-state index in [-0.39, 0.29) is 17.9 Å². The van der Waals surface area contributed by atoms with Crippen LogP contribution in [0.4, 0.5) is 9.18 Å². The number of carboxylic acids is 1. The fourth-order valence-corrected chi connectivity index (χ4v) is 4.00. The predicted molar refractivity (Wildman–Crippen MR) is 143 cm³/mol. The molecule has 10 heteroatoms. The molecule has 3 rings (SSSR count). The first-order valence-corrected chi connectivity index (χ1v) is 13.3. The first kappa shape index (κ1) is 32.0. The topological polar surface area (TPSA) is 127 Å². The molecule has 0 aliphatic carbocycles. The number of quaternary nitrogens is 1. The smallest absolute Gasteiger partial charge is 0.318 e. The lowest BCUT2D eigenvalue weighted by Crippen LogP contribution is -3.10. The number of hydrogen-bond donors (Lipinski definition) is 4. The Morgan fingerprint density at radius 3 is 2.10 bits per heavy atom. The lowest BCUT2D eigenvalue weighted by Gasteiger charge is -2.36. The Bertz CT molecular complexity index is 1010. The van der Waals surface area contributed by atoms with E-state index in [9.17, 15) is 19.1 Å². The number of benzene rings is 2. The van der Waals surface area contributed by atoms with Crippen molar-refractivity contribution < 1.29 is 38.9 Å². The Morgan fingerprint density at radius 1 is 1.05 bits per heavy atom. The largest absolute Gasteiger partial charge is 0.547 e. The highest BCUT2D eigenvalue weighted by Gasteiger charge is 2.28. The number of aliphatic hydroxyl groups is 2. The number of carbonyl (C=O) groups is 2. The number of ether oxygens (including phenoxy) is 1. The first-order chi connectivity index (χ1) is 18.5. The van der Waals surface area contributed by atoms with Crippen molar-refractivity contribution in [2.24, 2.45) is 5.92 Å². The quantitative estimate of drug-likeness (QED) is 0.348. The minimum atomic E-state index is -1.77. The maximum atomic E-state index is 13.3. The third kappa shape index (κ3) is 11.6. The normalized spacial score (nSPS) is 18.4. The molecule has 0 aromatic heterocycles. The SMILES string of the molecule is CC(C)COc1ccc(CNC(=O)N(Cc2ccc(F)cc2)C2CC[NH+](C)CC2)cc1.C[C@H](O)[C@@H](O)C(=O)[O-]. The van der Waals surface area contributed by atoms with Crippen molar-refractivity contribution in [1.82, 2.24) is 10.2 Å². The lowest BCUT2D eigenvalue weighted by atomic mass is 10.0. The van der Waals surface area contributed by atoms with Crippen molar-refractivity contribution >= 4 is 12.0 Å². The molecule has 9 nitrogen and oxygen atoms in total. The monoisotopic (exact) mass is 547 g/mol. The van der Waals surface area contributed by atoms with Crippen molar-refractivity contribution in [3.05, 3.63) is 65.5 Å². The predicted octanol–water partition coefficient (Wildman–Crippen LogP) is 0.727. The molecule has 39 heavy (non-hydrogen) atoms. The van der Waals surface area contributed by atoms with Crippen LogP contribution < -0.4 is 20.1 Å². The summed E-state index contributed by atoms with van der Waals surface area (Å²) in [7, 11) is 2.19. The molecule has 1 heterocycles. The molecular weight excluding hydrogens is 505 g/mol. The standard InChI is InChI=1S/C25H34FN3O2.C4H8O4/c1-19(2)18-31-24-10-6-20(7-11-24)16-27-25(30)29(23-12-14-28(3)15-13-23)17-21-4-8-22(26)9-5-21;1-2(5)3(6)4(7)8/h4-11,19,23H,12-18H2,1-3H3,(H,27,30);2-3,5-6H,1H3,(H,7,8)/t;2-,3+/m.0/s1. The van der Waals surface area contributed by atoms with Crippen LogP contribution in [-0.4, -0.2) is 72.1 Å². The van der Waals surface area contributed by atoms with Crippen LogP contribution >= 0.6 is 0 Å². The van der Waals surface area contributed by atoms with Crippen LogP contribution in [0.3, 0.4) is 0 Å². The van der Waals surface area contributed by atoms with Crippen molar-refractivity contribution in [2.45, 2.75) is 65.0 Å². The van der Waals surface area contributed by atoms with Crippen LogP contribution in [0.15, 0.2) is 48.5 Å². The fourth-order valence-electron chi connectivity index (χ4n) is 4.00. The van der Waals surface area contributed by atoms with Crippen LogP contribution in [-0.2, 0) is 17.9 Å². The van der Waals surface area contributed by atoms with Crippen molar-refractivity contribution in [3.63, 3.8) is 0 Å². The summed E-state index contributed by atoms with van der Waals surface area (Å²) in [6.45, 7) is 9.14. The highest BCUT2D eigenvalue weighted by atomic mass is 19.1. The number of aliphatic hydroxyl groups excluding tert-OH is 2. The van der Waals surface area contributed by atoms with E-state index in [2.05, 4.69) is 26.2 Å². The second-order valence-corrected chi connectivity index (χ2v) is 10.5. The molecule has 1 aliphatic heterocycles. The van der Waals surface area contributed by atoms with E-state index in [1.807, 2.05) is 29.2 Å². The van der Waals surface area contributed by atoms with Gasteiger partial charge in [-0.15, -0.1) is 0 Å². The zero-order chi connectivity index (χ0) is 28.9. The van der Waals surface area contributed by atoms with Gasteiger partial charge in [-0.25, -0.2) is 9.18 Å². The number of likely N-dealkylation sites (tertiary alicyclic amines) is 1. The minimum Gasteiger partial charge on any atom is -0.547 e. The highest BCUT2D eigenvalue weighted by Crippen LogP contribution is 2.17. The number of nitrogens with zero attached hydrogens (tertiary/aromatic N) is 1. The van der Waals surface area contributed by atoms with Gasteiger partial charge >= 0.3 is 6.03 Å². The van der Waals surface area contributed by atoms with E-state index in [0.717, 1.165) is 42.8 Å². The van der Waals surface area contributed by atoms with Crippen LogP contribution in [0.2, 0.25) is 0 Å². The molecule has 2 aromatic rings. The summed E-state index contributed by atoms with van der Waals surface area (Å²) in [5.41, 5.74) is 1.97. The average Bonchev–Trinajstić information content (AvgIpc) is 2.91. The number of carbonyl (C=O) groups excluding carboxylic acids is 2. The first-order valence-electron chi connectivity index (χ1n) is 13.3.